The molecule has 1 saturated carbocycles. The first-order valence-corrected chi connectivity index (χ1v) is 12.5. The summed E-state index contributed by atoms with van der Waals surface area (Å²) in [6.07, 6.45) is -4.42. The molecule has 3 N–H and O–H groups in total. The maximum absolute atomic E-state index is 13.5. The number of alkyl halides is 3. The number of carbonyl (C=O) groups is 4. The van der Waals surface area contributed by atoms with Gasteiger partial charge >= 0.3 is 6.36 Å². The van der Waals surface area contributed by atoms with E-state index in [2.05, 4.69) is 15.4 Å². The highest BCUT2D eigenvalue weighted by molar-refractivity contribution is 5.95. The minimum atomic E-state index is -5.06. The van der Waals surface area contributed by atoms with Crippen molar-refractivity contribution in [1.82, 2.24) is 15.5 Å². The third-order valence-corrected chi connectivity index (χ3v) is 7.63. The second-order valence-electron chi connectivity index (χ2n) is 10.0. The largest absolute Gasteiger partial charge is 0.522 e. The Morgan fingerprint density at radius 3 is 2.50 bits per heavy atom. The van der Waals surface area contributed by atoms with E-state index in [0.717, 1.165) is 25.0 Å². The highest BCUT2D eigenvalue weighted by Gasteiger charge is 2.51. The summed E-state index contributed by atoms with van der Waals surface area (Å²) < 4.78 is 54.7. The average molecular weight is 544 g/mol. The van der Waals surface area contributed by atoms with Crippen LogP contribution in [0.15, 0.2) is 24.3 Å². The lowest BCUT2D eigenvalue weighted by molar-refractivity contribution is -0.321. The first-order chi connectivity index (χ1) is 17.9. The summed E-state index contributed by atoms with van der Waals surface area (Å²) in [5.74, 6) is -4.48. The van der Waals surface area contributed by atoms with E-state index in [0.29, 0.717) is 19.4 Å². The van der Waals surface area contributed by atoms with Crippen molar-refractivity contribution in [2.45, 2.75) is 56.7 Å². The molecule has 6 atom stereocenters. The monoisotopic (exact) mass is 543 g/mol. The van der Waals surface area contributed by atoms with Gasteiger partial charge in [-0.05, 0) is 55.2 Å². The third-order valence-electron chi connectivity index (χ3n) is 7.63. The molecule has 0 aromatic heterocycles. The van der Waals surface area contributed by atoms with Crippen molar-refractivity contribution >= 4 is 23.5 Å². The molecule has 1 aromatic carbocycles. The fourth-order valence-electron chi connectivity index (χ4n) is 5.75. The Hall–Kier alpha value is -3.06. The van der Waals surface area contributed by atoms with Gasteiger partial charge in [0.1, 0.15) is 18.5 Å². The number of nitrogens with zero attached hydrogens (tertiary/aromatic N) is 1. The highest BCUT2D eigenvalue weighted by atomic mass is 19.4. The molecule has 3 amide bonds. The van der Waals surface area contributed by atoms with Crippen LogP contribution >= 0.6 is 0 Å². The smallest absolute Gasteiger partial charge is 0.378 e. The van der Waals surface area contributed by atoms with Crippen molar-refractivity contribution in [3.8, 4) is 0 Å². The predicted octanol–water partition coefficient (Wildman–Crippen LogP) is 1.60. The minimum Gasteiger partial charge on any atom is -0.378 e. The number of ketones is 1. The number of fused-ring (bicyclic) bond motifs is 1. The van der Waals surface area contributed by atoms with E-state index >= 15 is 0 Å². The van der Waals surface area contributed by atoms with Gasteiger partial charge in [0.2, 0.25) is 11.8 Å². The minimum absolute atomic E-state index is 0.0292. The molecule has 2 heterocycles. The summed E-state index contributed by atoms with van der Waals surface area (Å²) in [6, 6.07) is 2.18. The number of ether oxygens (including phenoxy) is 1. The molecule has 4 rings (SSSR count). The number of Topliss-reactive ketones (excluding diaryl/α,β-unsaturated/α-hetero) is 1. The van der Waals surface area contributed by atoms with Crippen LogP contribution in [0.1, 0.15) is 43.8 Å². The molecule has 3 fully saturated rings. The number of hydrogen-bond acceptors (Lipinski definition) is 6. The van der Waals surface area contributed by atoms with E-state index in [1.54, 1.807) is 0 Å². The first kappa shape index (κ1) is 28.0. The maximum Gasteiger partial charge on any atom is 0.522 e. The predicted molar refractivity (Wildman–Crippen MR) is 122 cm³/mol. The summed E-state index contributed by atoms with van der Waals surface area (Å²) in [6.45, 7) is -0.820. The van der Waals surface area contributed by atoms with Gasteiger partial charge in [0, 0.05) is 19.0 Å². The third kappa shape index (κ3) is 6.32. The lowest BCUT2D eigenvalue weighted by Crippen LogP contribution is -2.54. The van der Waals surface area contributed by atoms with E-state index in [1.807, 2.05) is 0 Å². The lowest BCUT2D eigenvalue weighted by Gasteiger charge is -2.30. The number of amides is 3. The van der Waals surface area contributed by atoms with Gasteiger partial charge in [-0.15, -0.1) is 13.2 Å². The molecule has 9 nitrogen and oxygen atoms in total. The summed E-state index contributed by atoms with van der Waals surface area (Å²) in [7, 11) is 0. The summed E-state index contributed by atoms with van der Waals surface area (Å²) in [5, 5.41) is 15.7. The van der Waals surface area contributed by atoms with Crippen LogP contribution in [0, 0.1) is 23.6 Å². The van der Waals surface area contributed by atoms with Crippen LogP contribution in [0.2, 0.25) is 0 Å². The van der Waals surface area contributed by atoms with Crippen LogP contribution in [0.4, 0.5) is 17.6 Å². The molecule has 13 heteroatoms. The molecule has 3 aliphatic rings. The average Bonchev–Trinajstić information content (AvgIpc) is 3.57. The lowest BCUT2D eigenvalue weighted by atomic mass is 9.92. The van der Waals surface area contributed by atoms with E-state index in [9.17, 15) is 41.8 Å². The van der Waals surface area contributed by atoms with E-state index in [-0.39, 0.29) is 36.3 Å². The Morgan fingerprint density at radius 2 is 1.87 bits per heavy atom. The van der Waals surface area contributed by atoms with Crippen LogP contribution in [0.5, 0.6) is 0 Å². The molecule has 38 heavy (non-hydrogen) atoms. The molecule has 2 saturated heterocycles. The molecule has 0 unspecified atom stereocenters. The van der Waals surface area contributed by atoms with Crippen LogP contribution in [-0.2, 0) is 23.9 Å². The van der Waals surface area contributed by atoms with Gasteiger partial charge in [-0.3, -0.25) is 23.9 Å². The molecule has 1 aromatic rings. The van der Waals surface area contributed by atoms with Crippen molar-refractivity contribution in [2.24, 2.45) is 17.8 Å². The van der Waals surface area contributed by atoms with Gasteiger partial charge in [0.15, 0.2) is 11.9 Å². The Morgan fingerprint density at radius 1 is 1.16 bits per heavy atom. The number of hydrogen-bond donors (Lipinski definition) is 3. The number of aliphatic hydroxyl groups is 1. The Labute approximate surface area is 215 Å². The second-order valence-corrected chi connectivity index (χ2v) is 10.0. The zero-order valence-corrected chi connectivity index (χ0v) is 20.4. The number of benzene rings is 1. The Kier molecular flexibility index (Phi) is 8.36. The SMILES string of the molecule is O=C1NCC[C@H]1C[C@H](NC(=O)[C@@H]1[C@H]2CCC[C@H]2CN1C(=O)[C@H](O)c1ccc(F)cc1)C(=O)COC(F)(F)F. The quantitative estimate of drug-likeness (QED) is 0.407. The van der Waals surface area contributed by atoms with Gasteiger partial charge in [-0.2, -0.15) is 0 Å². The van der Waals surface area contributed by atoms with Crippen molar-refractivity contribution in [3.63, 3.8) is 0 Å². The molecule has 208 valence electrons. The number of aliphatic hydroxyl groups excluding tert-OH is 1. The first-order valence-electron chi connectivity index (χ1n) is 12.5. The van der Waals surface area contributed by atoms with Crippen molar-refractivity contribution in [1.29, 1.82) is 0 Å². The topological polar surface area (TPSA) is 125 Å². The molecule has 0 radical (unpaired) electrons. The van der Waals surface area contributed by atoms with Gasteiger partial charge in [-0.25, -0.2) is 4.39 Å². The number of nitrogens with one attached hydrogen (secondary N) is 2. The fraction of sp³-hybridized carbons (Fsp3) is 0.600. The van der Waals surface area contributed by atoms with Crippen LogP contribution in [0.25, 0.3) is 0 Å². The van der Waals surface area contributed by atoms with E-state index < -0.39 is 60.5 Å². The number of carbonyl (C=O) groups excluding carboxylic acids is 4. The Bertz CT molecular complexity index is 1070. The van der Waals surface area contributed by atoms with Crippen LogP contribution < -0.4 is 10.6 Å². The zero-order chi connectivity index (χ0) is 27.6. The summed E-state index contributed by atoms with van der Waals surface area (Å²) in [4.78, 5) is 52.8. The van der Waals surface area contributed by atoms with Crippen molar-refractivity contribution in [3.05, 3.63) is 35.6 Å². The molecular formula is C25H29F4N3O6. The zero-order valence-electron chi connectivity index (χ0n) is 20.4. The van der Waals surface area contributed by atoms with Gasteiger partial charge in [-0.1, -0.05) is 18.6 Å². The van der Waals surface area contributed by atoms with Crippen molar-refractivity contribution in [2.75, 3.05) is 19.7 Å². The van der Waals surface area contributed by atoms with Crippen LogP contribution in [0.3, 0.4) is 0 Å². The molecule has 0 spiro atoms. The summed E-state index contributed by atoms with van der Waals surface area (Å²) >= 11 is 0. The molecule has 1 aliphatic carbocycles. The molecule has 2 aliphatic heterocycles. The molecular weight excluding hydrogens is 514 g/mol. The van der Waals surface area contributed by atoms with E-state index in [1.165, 1.54) is 17.0 Å². The second kappa shape index (κ2) is 11.4. The molecule has 0 bridgehead atoms. The number of halogens is 4. The highest BCUT2D eigenvalue weighted by Crippen LogP contribution is 2.43. The van der Waals surface area contributed by atoms with Crippen LogP contribution in [-0.4, -0.2) is 71.7 Å². The Balaban J connectivity index is 1.53. The van der Waals surface area contributed by atoms with Gasteiger partial charge in [0.25, 0.3) is 5.91 Å². The van der Waals surface area contributed by atoms with E-state index in [4.69, 9.17) is 0 Å². The standard InChI is InChI=1S/C25H29F4N3O6/c26-16-6-4-13(5-7-16)21(34)24(37)32-11-15-2-1-3-17(15)20(32)23(36)31-18(10-14-8-9-30-22(14)35)19(33)12-38-25(27,28)29/h4-7,14-15,17-18,20-21,34H,1-3,8-12H2,(H,30,35)(H,31,36)/t14-,15-,17-,18-,20-,21+/m0/s1. The van der Waals surface area contributed by atoms with Gasteiger partial charge in [0.05, 0.1) is 6.04 Å². The summed E-state index contributed by atoms with van der Waals surface area (Å²) in [5.41, 5.74) is 0.136. The maximum atomic E-state index is 13.5. The fourth-order valence-corrected chi connectivity index (χ4v) is 5.75. The van der Waals surface area contributed by atoms with Crippen molar-refractivity contribution < 1.29 is 46.6 Å². The number of rotatable bonds is 9. The normalized spacial score (nSPS) is 26.6. The number of likely N-dealkylation sites (tertiary alicyclic amines) is 1. The van der Waals surface area contributed by atoms with Gasteiger partial charge < -0.3 is 20.6 Å².